The molecule has 0 fully saturated rings. The third-order valence-corrected chi connectivity index (χ3v) is 3.54. The monoisotopic (exact) mass is 349 g/mol. The SMILES string of the molecule is CCCNC(=O)C(=Cc1cccnc1)NC(=O)/C=C/c1ccc(C)cc1. The van der Waals surface area contributed by atoms with Gasteiger partial charge in [-0.1, -0.05) is 42.8 Å². The van der Waals surface area contributed by atoms with Crippen LogP contribution in [-0.2, 0) is 9.59 Å². The Kier molecular flexibility index (Phi) is 7.31. The highest BCUT2D eigenvalue weighted by atomic mass is 16.2. The Morgan fingerprint density at radius 1 is 1.12 bits per heavy atom. The predicted molar refractivity (Wildman–Crippen MR) is 104 cm³/mol. The number of benzene rings is 1. The number of hydrogen-bond acceptors (Lipinski definition) is 3. The summed E-state index contributed by atoms with van der Waals surface area (Å²) >= 11 is 0. The average Bonchev–Trinajstić information content (AvgIpc) is 2.66. The molecule has 0 bridgehead atoms. The van der Waals surface area contributed by atoms with Crippen LogP contribution in [0.4, 0.5) is 0 Å². The third-order valence-electron chi connectivity index (χ3n) is 3.54. The Hall–Kier alpha value is -3.21. The lowest BCUT2D eigenvalue weighted by molar-refractivity contribution is -0.121. The third kappa shape index (κ3) is 6.36. The number of amides is 2. The molecule has 2 N–H and O–H groups in total. The molecule has 0 saturated heterocycles. The van der Waals surface area contributed by atoms with Gasteiger partial charge in [-0.3, -0.25) is 14.6 Å². The van der Waals surface area contributed by atoms with E-state index in [0.29, 0.717) is 6.54 Å². The summed E-state index contributed by atoms with van der Waals surface area (Å²) in [6.07, 6.45) is 8.82. The van der Waals surface area contributed by atoms with Crippen molar-refractivity contribution in [3.8, 4) is 0 Å². The van der Waals surface area contributed by atoms with Crippen LogP contribution in [0.3, 0.4) is 0 Å². The molecule has 2 aromatic rings. The summed E-state index contributed by atoms with van der Waals surface area (Å²) in [6.45, 7) is 4.51. The zero-order valence-corrected chi connectivity index (χ0v) is 15.0. The summed E-state index contributed by atoms with van der Waals surface area (Å²) in [5, 5.41) is 5.42. The van der Waals surface area contributed by atoms with Crippen LogP contribution < -0.4 is 10.6 Å². The lowest BCUT2D eigenvalue weighted by atomic mass is 10.1. The van der Waals surface area contributed by atoms with Gasteiger partial charge in [0, 0.05) is 25.0 Å². The molecular weight excluding hydrogens is 326 g/mol. The number of carbonyl (C=O) groups is 2. The fraction of sp³-hybridized carbons (Fsp3) is 0.190. The van der Waals surface area contributed by atoms with E-state index in [1.807, 2.05) is 44.2 Å². The van der Waals surface area contributed by atoms with Crippen LogP contribution in [0.2, 0.25) is 0 Å². The second kappa shape index (κ2) is 9.93. The second-order valence-corrected chi connectivity index (χ2v) is 5.83. The normalized spacial score (nSPS) is 11.4. The fourth-order valence-electron chi connectivity index (χ4n) is 2.14. The highest BCUT2D eigenvalue weighted by molar-refractivity contribution is 6.04. The first-order chi connectivity index (χ1) is 12.6. The summed E-state index contributed by atoms with van der Waals surface area (Å²) in [5.74, 6) is -0.694. The molecule has 0 radical (unpaired) electrons. The standard InChI is InChI=1S/C21H23N3O2/c1-3-12-23-21(26)19(14-18-5-4-13-22-15-18)24-20(25)11-10-17-8-6-16(2)7-9-17/h4-11,13-15H,3,12H2,1-2H3,(H,23,26)(H,24,25)/b11-10+,19-14?. The molecule has 2 rings (SSSR count). The van der Waals surface area contributed by atoms with E-state index in [-0.39, 0.29) is 17.5 Å². The van der Waals surface area contributed by atoms with Crippen LogP contribution in [0, 0.1) is 6.92 Å². The van der Waals surface area contributed by atoms with E-state index in [4.69, 9.17) is 0 Å². The van der Waals surface area contributed by atoms with Crippen LogP contribution >= 0.6 is 0 Å². The van der Waals surface area contributed by atoms with Gasteiger partial charge in [-0.25, -0.2) is 0 Å². The van der Waals surface area contributed by atoms with Crippen molar-refractivity contribution in [1.29, 1.82) is 0 Å². The minimum Gasteiger partial charge on any atom is -0.351 e. The van der Waals surface area contributed by atoms with E-state index >= 15 is 0 Å². The van der Waals surface area contributed by atoms with Crippen molar-refractivity contribution in [2.24, 2.45) is 0 Å². The van der Waals surface area contributed by atoms with Crippen molar-refractivity contribution in [1.82, 2.24) is 15.6 Å². The highest BCUT2D eigenvalue weighted by Crippen LogP contribution is 2.06. The van der Waals surface area contributed by atoms with Gasteiger partial charge in [0.05, 0.1) is 0 Å². The Bertz CT molecular complexity index is 794. The van der Waals surface area contributed by atoms with Gasteiger partial charge >= 0.3 is 0 Å². The smallest absolute Gasteiger partial charge is 0.267 e. The van der Waals surface area contributed by atoms with Crippen molar-refractivity contribution >= 4 is 24.0 Å². The maximum Gasteiger partial charge on any atom is 0.267 e. The molecule has 1 aromatic heterocycles. The number of rotatable bonds is 7. The molecule has 0 unspecified atom stereocenters. The molecule has 2 amide bonds. The van der Waals surface area contributed by atoms with E-state index in [1.54, 1.807) is 30.6 Å². The molecule has 1 aromatic carbocycles. The molecule has 134 valence electrons. The maximum absolute atomic E-state index is 12.3. The molecule has 0 atom stereocenters. The first-order valence-corrected chi connectivity index (χ1v) is 8.54. The van der Waals surface area contributed by atoms with Crippen LogP contribution in [0.1, 0.15) is 30.0 Å². The van der Waals surface area contributed by atoms with Gasteiger partial charge in [-0.05, 0) is 42.7 Å². The lowest BCUT2D eigenvalue weighted by Gasteiger charge is -2.09. The summed E-state index contributed by atoms with van der Waals surface area (Å²) in [6, 6.07) is 11.4. The minimum atomic E-state index is -0.368. The quantitative estimate of drug-likeness (QED) is 0.755. The second-order valence-electron chi connectivity index (χ2n) is 5.83. The summed E-state index contributed by atoms with van der Waals surface area (Å²) < 4.78 is 0. The van der Waals surface area contributed by atoms with E-state index < -0.39 is 0 Å². The van der Waals surface area contributed by atoms with Crippen molar-refractivity contribution in [2.75, 3.05) is 6.54 Å². The lowest BCUT2D eigenvalue weighted by Crippen LogP contribution is -2.34. The molecule has 1 heterocycles. The van der Waals surface area contributed by atoms with Gasteiger partial charge in [-0.2, -0.15) is 0 Å². The number of nitrogens with zero attached hydrogens (tertiary/aromatic N) is 1. The largest absolute Gasteiger partial charge is 0.351 e. The van der Waals surface area contributed by atoms with Crippen LogP contribution in [-0.4, -0.2) is 23.3 Å². The molecule has 0 aliphatic heterocycles. The molecule has 5 heteroatoms. The molecule has 0 aliphatic carbocycles. The molecule has 5 nitrogen and oxygen atoms in total. The summed E-state index contributed by atoms with van der Waals surface area (Å²) in [5.41, 5.74) is 2.99. The Balaban J connectivity index is 2.12. The molecule has 0 spiro atoms. The van der Waals surface area contributed by atoms with Crippen molar-refractivity contribution in [3.05, 3.63) is 77.3 Å². The first-order valence-electron chi connectivity index (χ1n) is 8.54. The Labute approximate surface area is 153 Å². The van der Waals surface area contributed by atoms with E-state index in [1.165, 1.54) is 6.08 Å². The van der Waals surface area contributed by atoms with Crippen LogP contribution in [0.5, 0.6) is 0 Å². The number of pyridine rings is 1. The van der Waals surface area contributed by atoms with E-state index in [0.717, 1.165) is 23.1 Å². The average molecular weight is 349 g/mol. The molecule has 0 saturated carbocycles. The van der Waals surface area contributed by atoms with Crippen molar-refractivity contribution in [2.45, 2.75) is 20.3 Å². The van der Waals surface area contributed by atoms with E-state index in [9.17, 15) is 9.59 Å². The zero-order chi connectivity index (χ0) is 18.8. The number of carbonyl (C=O) groups excluding carboxylic acids is 2. The van der Waals surface area contributed by atoms with Gasteiger partial charge in [0.15, 0.2) is 0 Å². The number of aryl methyl sites for hydroxylation is 1. The highest BCUT2D eigenvalue weighted by Gasteiger charge is 2.11. The van der Waals surface area contributed by atoms with Gasteiger partial charge in [0.25, 0.3) is 5.91 Å². The molecular formula is C21H23N3O2. The summed E-state index contributed by atoms with van der Waals surface area (Å²) in [4.78, 5) is 28.6. The zero-order valence-electron chi connectivity index (χ0n) is 15.0. The predicted octanol–water partition coefficient (Wildman–Crippen LogP) is 3.09. The van der Waals surface area contributed by atoms with Crippen LogP contribution in [0.15, 0.2) is 60.6 Å². The Morgan fingerprint density at radius 2 is 1.88 bits per heavy atom. The number of hydrogen-bond donors (Lipinski definition) is 2. The minimum absolute atomic E-state index is 0.185. The number of nitrogens with one attached hydrogen (secondary N) is 2. The number of aromatic nitrogens is 1. The fourth-order valence-corrected chi connectivity index (χ4v) is 2.14. The van der Waals surface area contributed by atoms with Gasteiger partial charge in [0.2, 0.25) is 5.91 Å². The summed E-state index contributed by atoms with van der Waals surface area (Å²) in [7, 11) is 0. The van der Waals surface area contributed by atoms with Crippen LogP contribution in [0.25, 0.3) is 12.2 Å². The van der Waals surface area contributed by atoms with Crippen molar-refractivity contribution in [3.63, 3.8) is 0 Å². The maximum atomic E-state index is 12.3. The first kappa shape index (κ1) is 19.1. The van der Waals surface area contributed by atoms with Crippen molar-refractivity contribution < 1.29 is 9.59 Å². The Morgan fingerprint density at radius 3 is 2.54 bits per heavy atom. The van der Waals surface area contributed by atoms with Gasteiger partial charge in [-0.15, -0.1) is 0 Å². The topological polar surface area (TPSA) is 71.1 Å². The van der Waals surface area contributed by atoms with E-state index in [2.05, 4.69) is 15.6 Å². The molecule has 0 aliphatic rings. The molecule has 26 heavy (non-hydrogen) atoms. The van der Waals surface area contributed by atoms with Gasteiger partial charge in [0.1, 0.15) is 5.70 Å². The van der Waals surface area contributed by atoms with Gasteiger partial charge < -0.3 is 10.6 Å².